The summed E-state index contributed by atoms with van der Waals surface area (Å²) in [4.78, 5) is 14.7. The second-order valence-corrected chi connectivity index (χ2v) is 6.76. The van der Waals surface area contributed by atoms with Gasteiger partial charge >= 0.3 is 0 Å². The largest absolute Gasteiger partial charge is 0.396 e. The summed E-state index contributed by atoms with van der Waals surface area (Å²) in [6, 6.07) is 5.44. The maximum absolute atomic E-state index is 12.5. The fraction of sp³-hybridized carbons (Fsp3) is 0.400. The summed E-state index contributed by atoms with van der Waals surface area (Å²) in [6.45, 7) is 0.852. The van der Waals surface area contributed by atoms with Gasteiger partial charge in [0.05, 0.1) is 5.02 Å². The number of benzene rings is 1. The predicted molar refractivity (Wildman–Crippen MR) is 89.7 cm³/mol. The number of amides is 1. The maximum atomic E-state index is 12.5. The van der Waals surface area contributed by atoms with Crippen molar-refractivity contribution in [1.82, 2.24) is 4.90 Å². The van der Waals surface area contributed by atoms with Crippen molar-refractivity contribution in [2.24, 2.45) is 0 Å². The van der Waals surface area contributed by atoms with Crippen molar-refractivity contribution in [3.8, 4) is 0 Å². The highest BCUT2D eigenvalue weighted by atomic mass is 35.5. The lowest BCUT2D eigenvalue weighted by atomic mass is 10.2. The maximum Gasteiger partial charge on any atom is 0.265 e. The van der Waals surface area contributed by atoms with Crippen LogP contribution >= 0.6 is 34.5 Å². The number of thiophene rings is 1. The Bertz CT molecular complexity index is 642. The molecule has 0 unspecified atom stereocenters. The van der Waals surface area contributed by atoms with Crippen LogP contribution in [-0.2, 0) is 0 Å². The summed E-state index contributed by atoms with van der Waals surface area (Å²) in [5, 5.41) is 10.7. The summed E-state index contributed by atoms with van der Waals surface area (Å²) in [5.41, 5.74) is 0. The average Bonchev–Trinajstić information content (AvgIpc) is 2.79. The van der Waals surface area contributed by atoms with E-state index in [2.05, 4.69) is 0 Å². The minimum atomic E-state index is -0.0682. The molecule has 0 bridgehead atoms. The van der Waals surface area contributed by atoms with E-state index in [0.29, 0.717) is 21.5 Å². The molecule has 2 aromatic rings. The first-order valence-electron chi connectivity index (χ1n) is 6.78. The van der Waals surface area contributed by atoms with Crippen LogP contribution in [0.3, 0.4) is 0 Å². The van der Waals surface area contributed by atoms with E-state index in [1.165, 1.54) is 11.3 Å². The van der Waals surface area contributed by atoms with E-state index >= 15 is 0 Å². The Morgan fingerprint density at radius 2 is 2.05 bits per heavy atom. The molecule has 0 spiro atoms. The molecule has 1 heterocycles. The third-order valence-corrected chi connectivity index (χ3v) is 5.16. The molecule has 1 aromatic heterocycles. The number of nitrogens with zero attached hydrogens (tertiary/aromatic N) is 1. The van der Waals surface area contributed by atoms with Gasteiger partial charge in [0.25, 0.3) is 5.91 Å². The molecule has 2 rings (SSSR count). The van der Waals surface area contributed by atoms with E-state index in [1.807, 2.05) is 12.1 Å². The van der Waals surface area contributed by atoms with Crippen molar-refractivity contribution in [1.29, 1.82) is 0 Å². The first kappa shape index (κ1) is 16.6. The summed E-state index contributed by atoms with van der Waals surface area (Å²) in [7, 11) is 1.77. The number of carbonyl (C=O) groups excluding carboxylic acids is 1. The molecule has 0 fully saturated rings. The Morgan fingerprint density at radius 1 is 1.29 bits per heavy atom. The third kappa shape index (κ3) is 3.89. The van der Waals surface area contributed by atoms with Crippen molar-refractivity contribution >= 4 is 50.5 Å². The van der Waals surface area contributed by atoms with Gasteiger partial charge in [0, 0.05) is 35.3 Å². The predicted octanol–water partition coefficient (Wildman–Crippen LogP) is 4.44. The molecule has 0 saturated heterocycles. The van der Waals surface area contributed by atoms with E-state index < -0.39 is 0 Å². The molecular formula is C15H17Cl2NO2S. The summed E-state index contributed by atoms with van der Waals surface area (Å²) < 4.78 is 0.921. The minimum Gasteiger partial charge on any atom is -0.396 e. The fourth-order valence-electron chi connectivity index (χ4n) is 2.09. The average molecular weight is 346 g/mol. The topological polar surface area (TPSA) is 40.5 Å². The number of aliphatic hydroxyl groups excluding tert-OH is 1. The van der Waals surface area contributed by atoms with E-state index in [-0.39, 0.29) is 12.5 Å². The molecule has 0 saturated carbocycles. The van der Waals surface area contributed by atoms with Crippen LogP contribution in [-0.4, -0.2) is 36.1 Å². The Morgan fingerprint density at radius 3 is 2.76 bits per heavy atom. The number of hydrogen-bond acceptors (Lipinski definition) is 3. The number of carbonyl (C=O) groups is 1. The molecular weight excluding hydrogens is 329 g/mol. The van der Waals surface area contributed by atoms with Gasteiger partial charge in [-0.05, 0) is 31.4 Å². The van der Waals surface area contributed by atoms with Gasteiger partial charge < -0.3 is 10.0 Å². The molecule has 21 heavy (non-hydrogen) atoms. The first-order valence-corrected chi connectivity index (χ1v) is 8.35. The number of halogens is 2. The molecule has 0 aliphatic heterocycles. The second-order valence-electron chi connectivity index (χ2n) is 4.90. The van der Waals surface area contributed by atoms with Gasteiger partial charge in [0.1, 0.15) is 4.88 Å². The van der Waals surface area contributed by atoms with Crippen molar-refractivity contribution < 1.29 is 9.90 Å². The van der Waals surface area contributed by atoms with Crippen LogP contribution in [0.2, 0.25) is 10.0 Å². The third-order valence-electron chi connectivity index (χ3n) is 3.28. The smallest absolute Gasteiger partial charge is 0.265 e. The number of hydrogen-bond donors (Lipinski definition) is 1. The Balaban J connectivity index is 2.13. The van der Waals surface area contributed by atoms with Gasteiger partial charge in [-0.1, -0.05) is 29.3 Å². The fourth-order valence-corrected chi connectivity index (χ4v) is 3.87. The van der Waals surface area contributed by atoms with Crippen molar-refractivity contribution in [2.45, 2.75) is 19.3 Å². The molecule has 0 atom stereocenters. The van der Waals surface area contributed by atoms with Crippen molar-refractivity contribution in [2.75, 3.05) is 20.2 Å². The Hall–Kier alpha value is -0.810. The van der Waals surface area contributed by atoms with Crippen LogP contribution in [0.5, 0.6) is 0 Å². The second kappa shape index (κ2) is 7.45. The van der Waals surface area contributed by atoms with Crippen LogP contribution in [0.25, 0.3) is 10.1 Å². The lowest BCUT2D eigenvalue weighted by molar-refractivity contribution is 0.0797. The minimum absolute atomic E-state index is 0.0682. The lowest BCUT2D eigenvalue weighted by Gasteiger charge is -2.16. The van der Waals surface area contributed by atoms with Crippen LogP contribution in [0, 0.1) is 0 Å². The standard InChI is InChI=1S/C15H17Cl2NO2S/c1-18(7-3-2-4-8-19)15(20)14-13(17)11-6-5-10(16)9-12(11)21-14/h5-6,9,19H,2-4,7-8H2,1H3. The van der Waals surface area contributed by atoms with Crippen LogP contribution < -0.4 is 0 Å². The zero-order chi connectivity index (χ0) is 15.4. The van der Waals surface area contributed by atoms with Gasteiger partial charge in [-0.15, -0.1) is 11.3 Å². The number of aliphatic hydroxyl groups is 1. The summed E-state index contributed by atoms with van der Waals surface area (Å²) in [6.07, 6.45) is 2.55. The van der Waals surface area contributed by atoms with E-state index in [0.717, 1.165) is 29.3 Å². The first-order chi connectivity index (χ1) is 10.0. The molecule has 1 amide bonds. The van der Waals surface area contributed by atoms with Gasteiger partial charge in [-0.3, -0.25) is 4.79 Å². The van der Waals surface area contributed by atoms with Crippen LogP contribution in [0.1, 0.15) is 28.9 Å². The molecule has 0 aliphatic carbocycles. The van der Waals surface area contributed by atoms with E-state index in [9.17, 15) is 4.79 Å². The highest BCUT2D eigenvalue weighted by Gasteiger charge is 2.20. The highest BCUT2D eigenvalue weighted by molar-refractivity contribution is 7.21. The normalized spacial score (nSPS) is 11.0. The molecule has 1 aromatic carbocycles. The van der Waals surface area contributed by atoms with Crippen molar-refractivity contribution in [3.63, 3.8) is 0 Å². The Labute approximate surface area is 138 Å². The van der Waals surface area contributed by atoms with E-state index in [1.54, 1.807) is 18.0 Å². The van der Waals surface area contributed by atoms with E-state index in [4.69, 9.17) is 28.3 Å². The number of fused-ring (bicyclic) bond motifs is 1. The summed E-state index contributed by atoms with van der Waals surface area (Å²) >= 11 is 13.7. The van der Waals surface area contributed by atoms with Crippen LogP contribution in [0.4, 0.5) is 0 Å². The molecule has 6 heteroatoms. The number of unbranched alkanes of at least 4 members (excludes halogenated alkanes) is 2. The SMILES string of the molecule is CN(CCCCCO)C(=O)c1sc2cc(Cl)ccc2c1Cl. The zero-order valence-corrected chi connectivity index (χ0v) is 14.1. The molecule has 0 radical (unpaired) electrons. The Kier molecular flexibility index (Phi) is 5.88. The molecule has 114 valence electrons. The van der Waals surface area contributed by atoms with Crippen LogP contribution in [0.15, 0.2) is 18.2 Å². The van der Waals surface area contributed by atoms with Gasteiger partial charge in [0.15, 0.2) is 0 Å². The molecule has 0 aliphatic rings. The molecule has 1 N–H and O–H groups in total. The zero-order valence-electron chi connectivity index (χ0n) is 11.7. The number of rotatable bonds is 6. The monoisotopic (exact) mass is 345 g/mol. The van der Waals surface area contributed by atoms with Gasteiger partial charge in [-0.2, -0.15) is 0 Å². The lowest BCUT2D eigenvalue weighted by Crippen LogP contribution is -2.27. The quantitative estimate of drug-likeness (QED) is 0.786. The van der Waals surface area contributed by atoms with Crippen molar-refractivity contribution in [3.05, 3.63) is 33.1 Å². The molecule has 3 nitrogen and oxygen atoms in total. The summed E-state index contributed by atoms with van der Waals surface area (Å²) in [5.74, 6) is -0.0682. The van der Waals surface area contributed by atoms with Gasteiger partial charge in [-0.25, -0.2) is 0 Å². The highest BCUT2D eigenvalue weighted by Crippen LogP contribution is 2.37. The van der Waals surface area contributed by atoms with Gasteiger partial charge in [0.2, 0.25) is 0 Å².